The summed E-state index contributed by atoms with van der Waals surface area (Å²) in [5.74, 6) is 0.829. The molecule has 1 amide bonds. The molecule has 0 saturated heterocycles. The number of carbonyl (C=O) groups excluding carboxylic acids is 1. The third kappa shape index (κ3) is 3.78. The Morgan fingerprint density at radius 1 is 1.11 bits per heavy atom. The van der Waals surface area contributed by atoms with Crippen LogP contribution >= 0.6 is 0 Å². The standard InChI is InChI=1S/C21H17F3N2O2/c1-12-25-11-19(28-12)14-4-8-16(9-5-14)26-20(27)18-10-17(18)13-2-6-15(7-3-13)21(22,23)24/h2-9,11,17-18H,10H2,1H3,(H,26,27). The van der Waals surface area contributed by atoms with Crippen LogP contribution in [0.3, 0.4) is 0 Å². The number of oxazole rings is 1. The first kappa shape index (κ1) is 18.3. The minimum Gasteiger partial charge on any atom is -0.441 e. The van der Waals surface area contributed by atoms with Crippen LogP contribution in [0.25, 0.3) is 11.3 Å². The van der Waals surface area contributed by atoms with Crippen molar-refractivity contribution in [2.24, 2.45) is 5.92 Å². The Kier molecular flexibility index (Phi) is 4.45. The van der Waals surface area contributed by atoms with Crippen molar-refractivity contribution < 1.29 is 22.4 Å². The molecule has 3 aromatic rings. The van der Waals surface area contributed by atoms with Crippen LogP contribution in [-0.4, -0.2) is 10.9 Å². The minimum atomic E-state index is -4.35. The number of anilines is 1. The lowest BCUT2D eigenvalue weighted by Crippen LogP contribution is -2.14. The molecule has 2 aromatic carbocycles. The van der Waals surface area contributed by atoms with Gasteiger partial charge in [-0.2, -0.15) is 13.2 Å². The second-order valence-electron chi connectivity index (χ2n) is 6.88. The fourth-order valence-corrected chi connectivity index (χ4v) is 3.22. The molecule has 144 valence electrons. The van der Waals surface area contributed by atoms with Crippen LogP contribution in [0.15, 0.2) is 59.1 Å². The van der Waals surface area contributed by atoms with Gasteiger partial charge >= 0.3 is 6.18 Å². The molecule has 0 spiro atoms. The van der Waals surface area contributed by atoms with Crippen molar-refractivity contribution in [1.29, 1.82) is 0 Å². The van der Waals surface area contributed by atoms with Crippen LogP contribution in [-0.2, 0) is 11.0 Å². The van der Waals surface area contributed by atoms with Gasteiger partial charge in [0.2, 0.25) is 5.91 Å². The van der Waals surface area contributed by atoms with Gasteiger partial charge in [-0.3, -0.25) is 4.79 Å². The minimum absolute atomic E-state index is 0.0428. The highest BCUT2D eigenvalue weighted by atomic mass is 19.4. The Morgan fingerprint density at radius 2 is 1.79 bits per heavy atom. The highest BCUT2D eigenvalue weighted by molar-refractivity contribution is 5.95. The lowest BCUT2D eigenvalue weighted by Gasteiger charge is -2.08. The van der Waals surface area contributed by atoms with Crippen LogP contribution in [0.1, 0.15) is 29.4 Å². The summed E-state index contributed by atoms with van der Waals surface area (Å²) in [6, 6.07) is 12.2. The average Bonchev–Trinajstić information content (AvgIpc) is 3.36. The number of nitrogens with one attached hydrogen (secondary N) is 1. The molecule has 4 rings (SSSR count). The number of alkyl halides is 3. The van der Waals surface area contributed by atoms with Crippen molar-refractivity contribution in [3.63, 3.8) is 0 Å². The zero-order valence-corrected chi connectivity index (χ0v) is 15.0. The summed E-state index contributed by atoms with van der Waals surface area (Å²) >= 11 is 0. The first-order chi connectivity index (χ1) is 13.3. The van der Waals surface area contributed by atoms with Gasteiger partial charge < -0.3 is 9.73 Å². The van der Waals surface area contributed by atoms with Gasteiger partial charge in [0.05, 0.1) is 11.8 Å². The molecule has 4 nitrogen and oxygen atoms in total. The van der Waals surface area contributed by atoms with Crippen molar-refractivity contribution >= 4 is 11.6 Å². The second-order valence-corrected chi connectivity index (χ2v) is 6.88. The molecule has 1 aliphatic carbocycles. The van der Waals surface area contributed by atoms with Gasteiger partial charge in [-0.05, 0) is 54.3 Å². The molecule has 1 fully saturated rings. The number of nitrogens with zero attached hydrogens (tertiary/aromatic N) is 1. The summed E-state index contributed by atoms with van der Waals surface area (Å²) in [6.07, 6.45) is -2.08. The normalized spacial score (nSPS) is 18.7. The monoisotopic (exact) mass is 386 g/mol. The molecule has 1 heterocycles. The zero-order valence-electron chi connectivity index (χ0n) is 15.0. The predicted molar refractivity (Wildman–Crippen MR) is 97.6 cm³/mol. The summed E-state index contributed by atoms with van der Waals surface area (Å²) in [6.45, 7) is 1.76. The van der Waals surface area contributed by atoms with E-state index in [1.54, 1.807) is 25.3 Å². The highest BCUT2D eigenvalue weighted by Crippen LogP contribution is 2.48. The number of rotatable bonds is 4. The predicted octanol–water partition coefficient (Wildman–Crippen LogP) is 5.41. The van der Waals surface area contributed by atoms with E-state index >= 15 is 0 Å². The molecular weight excluding hydrogens is 369 g/mol. The highest BCUT2D eigenvalue weighted by Gasteiger charge is 2.44. The van der Waals surface area contributed by atoms with Crippen LogP contribution in [0.2, 0.25) is 0 Å². The van der Waals surface area contributed by atoms with E-state index in [0.717, 1.165) is 23.3 Å². The van der Waals surface area contributed by atoms with E-state index < -0.39 is 11.7 Å². The fraction of sp³-hybridized carbons (Fsp3) is 0.238. The maximum atomic E-state index is 12.6. The van der Waals surface area contributed by atoms with Gasteiger partial charge in [0.15, 0.2) is 11.7 Å². The molecule has 1 aliphatic rings. The molecule has 7 heteroatoms. The maximum absolute atomic E-state index is 12.6. The number of aromatic nitrogens is 1. The van der Waals surface area contributed by atoms with E-state index in [-0.39, 0.29) is 17.7 Å². The van der Waals surface area contributed by atoms with E-state index in [1.165, 1.54) is 12.1 Å². The van der Waals surface area contributed by atoms with Gasteiger partial charge in [0.1, 0.15) is 0 Å². The Balaban J connectivity index is 1.37. The van der Waals surface area contributed by atoms with Crippen LogP contribution < -0.4 is 5.32 Å². The van der Waals surface area contributed by atoms with Gasteiger partial charge in [-0.25, -0.2) is 4.98 Å². The summed E-state index contributed by atoms with van der Waals surface area (Å²) in [7, 11) is 0. The molecule has 0 radical (unpaired) electrons. The first-order valence-electron chi connectivity index (χ1n) is 8.82. The molecular formula is C21H17F3N2O2. The van der Waals surface area contributed by atoms with Crippen LogP contribution in [0, 0.1) is 12.8 Å². The fourth-order valence-electron chi connectivity index (χ4n) is 3.22. The topological polar surface area (TPSA) is 55.1 Å². The Labute approximate surface area is 159 Å². The molecule has 2 unspecified atom stereocenters. The molecule has 2 atom stereocenters. The van der Waals surface area contributed by atoms with E-state index in [4.69, 9.17) is 4.42 Å². The third-order valence-corrected chi connectivity index (χ3v) is 4.85. The number of halogens is 3. The average molecular weight is 386 g/mol. The Bertz CT molecular complexity index is 992. The number of hydrogen-bond donors (Lipinski definition) is 1. The first-order valence-corrected chi connectivity index (χ1v) is 8.82. The number of amides is 1. The summed E-state index contributed by atoms with van der Waals surface area (Å²) < 4.78 is 43.4. The SMILES string of the molecule is Cc1ncc(-c2ccc(NC(=O)C3CC3c3ccc(C(F)(F)F)cc3)cc2)o1. The Hall–Kier alpha value is -3.09. The van der Waals surface area contributed by atoms with E-state index in [2.05, 4.69) is 10.3 Å². The van der Waals surface area contributed by atoms with E-state index in [1.807, 2.05) is 12.1 Å². The van der Waals surface area contributed by atoms with Crippen molar-refractivity contribution in [1.82, 2.24) is 4.98 Å². The summed E-state index contributed by atoms with van der Waals surface area (Å²) in [5.41, 5.74) is 1.58. The quantitative estimate of drug-likeness (QED) is 0.652. The van der Waals surface area contributed by atoms with Gasteiger partial charge in [0.25, 0.3) is 0 Å². The number of hydrogen-bond acceptors (Lipinski definition) is 3. The smallest absolute Gasteiger partial charge is 0.416 e. The van der Waals surface area contributed by atoms with Crippen LogP contribution in [0.5, 0.6) is 0 Å². The lowest BCUT2D eigenvalue weighted by molar-refractivity contribution is -0.137. The maximum Gasteiger partial charge on any atom is 0.416 e. The molecule has 0 aliphatic heterocycles. The lowest BCUT2D eigenvalue weighted by atomic mass is 10.1. The molecule has 1 N–H and O–H groups in total. The zero-order chi connectivity index (χ0) is 19.9. The van der Waals surface area contributed by atoms with Crippen LogP contribution in [0.4, 0.5) is 18.9 Å². The number of carbonyl (C=O) groups is 1. The largest absolute Gasteiger partial charge is 0.441 e. The van der Waals surface area contributed by atoms with E-state index in [0.29, 0.717) is 23.8 Å². The number of aryl methyl sites for hydroxylation is 1. The van der Waals surface area contributed by atoms with Crippen molar-refractivity contribution in [3.05, 3.63) is 71.7 Å². The Morgan fingerprint density at radius 3 is 2.36 bits per heavy atom. The van der Waals surface area contributed by atoms with Crippen molar-refractivity contribution in [2.75, 3.05) is 5.32 Å². The van der Waals surface area contributed by atoms with Gasteiger partial charge in [0, 0.05) is 24.1 Å². The van der Waals surface area contributed by atoms with Crippen molar-refractivity contribution in [3.8, 4) is 11.3 Å². The van der Waals surface area contributed by atoms with Crippen molar-refractivity contribution in [2.45, 2.75) is 25.4 Å². The summed E-state index contributed by atoms with van der Waals surface area (Å²) in [5, 5.41) is 2.86. The molecule has 28 heavy (non-hydrogen) atoms. The molecule has 0 bridgehead atoms. The second kappa shape index (κ2) is 6.82. The summed E-state index contributed by atoms with van der Waals surface area (Å²) in [4.78, 5) is 16.5. The number of benzene rings is 2. The van der Waals surface area contributed by atoms with Gasteiger partial charge in [-0.1, -0.05) is 12.1 Å². The molecule has 1 aromatic heterocycles. The van der Waals surface area contributed by atoms with Gasteiger partial charge in [-0.15, -0.1) is 0 Å². The third-order valence-electron chi connectivity index (χ3n) is 4.85. The van der Waals surface area contributed by atoms with E-state index in [9.17, 15) is 18.0 Å². The molecule has 1 saturated carbocycles.